The Hall–Kier alpha value is -3.62. The van der Waals surface area contributed by atoms with Crippen molar-refractivity contribution < 1.29 is 32.2 Å². The summed E-state index contributed by atoms with van der Waals surface area (Å²) < 4.78 is 43.0. The maximum Gasteiger partial charge on any atom is 0.338 e. The summed E-state index contributed by atoms with van der Waals surface area (Å²) in [6.07, 6.45) is -0.319. The van der Waals surface area contributed by atoms with Gasteiger partial charge in [-0.15, -0.1) is 0 Å². The third-order valence-electron chi connectivity index (χ3n) is 4.73. The van der Waals surface area contributed by atoms with Crippen molar-refractivity contribution in [3.05, 3.63) is 54.1 Å². The Morgan fingerprint density at radius 3 is 2.58 bits per heavy atom. The third kappa shape index (κ3) is 6.44. The number of carbonyl (C=O) groups excluding carboxylic acids is 2. The number of likely N-dealkylation sites (N-methyl/N-ethyl adjacent to an activating group) is 1. The Balaban J connectivity index is 1.48. The van der Waals surface area contributed by atoms with E-state index in [0.717, 1.165) is 0 Å². The Morgan fingerprint density at radius 2 is 1.88 bits per heavy atom. The SMILES string of the molecule is CN(CC1COc2ccccc2O1)C(=O)COC(=O)c1ccc(S(=O)(=O)NCCC#N)cc1. The number of hydrogen-bond acceptors (Lipinski definition) is 8. The van der Waals surface area contributed by atoms with Gasteiger partial charge >= 0.3 is 5.97 Å². The van der Waals surface area contributed by atoms with Gasteiger partial charge in [0.15, 0.2) is 24.2 Å². The second-order valence-electron chi connectivity index (χ2n) is 7.18. The number of nitriles is 1. The van der Waals surface area contributed by atoms with Crippen LogP contribution in [0.25, 0.3) is 0 Å². The number of amides is 1. The molecular weight excluding hydrogens is 450 g/mol. The molecule has 0 radical (unpaired) electrons. The Labute approximate surface area is 191 Å². The van der Waals surface area contributed by atoms with Crippen molar-refractivity contribution in [2.45, 2.75) is 17.4 Å². The first-order valence-electron chi connectivity index (χ1n) is 10.1. The fourth-order valence-electron chi connectivity index (χ4n) is 2.98. The highest BCUT2D eigenvalue weighted by atomic mass is 32.2. The maximum absolute atomic E-state index is 12.4. The van der Waals surface area contributed by atoms with Crippen molar-refractivity contribution in [2.24, 2.45) is 0 Å². The van der Waals surface area contributed by atoms with Gasteiger partial charge in [0.25, 0.3) is 5.91 Å². The number of nitrogens with zero attached hydrogens (tertiary/aromatic N) is 2. The zero-order chi connectivity index (χ0) is 23.8. The van der Waals surface area contributed by atoms with E-state index in [4.69, 9.17) is 19.5 Å². The lowest BCUT2D eigenvalue weighted by molar-refractivity contribution is -0.134. The first kappa shape index (κ1) is 24.0. The smallest absolute Gasteiger partial charge is 0.338 e. The van der Waals surface area contributed by atoms with Gasteiger partial charge in [-0.25, -0.2) is 17.9 Å². The monoisotopic (exact) mass is 473 g/mol. The average Bonchev–Trinajstić information content (AvgIpc) is 2.82. The summed E-state index contributed by atoms with van der Waals surface area (Å²) in [6.45, 7) is 0.0448. The molecule has 11 heteroatoms. The average molecular weight is 474 g/mol. The Kier molecular flexibility index (Phi) is 7.87. The van der Waals surface area contributed by atoms with Gasteiger partial charge < -0.3 is 19.1 Å². The molecule has 1 unspecified atom stereocenters. The van der Waals surface area contributed by atoms with Gasteiger partial charge in [0.05, 0.1) is 23.1 Å². The summed E-state index contributed by atoms with van der Waals surface area (Å²) in [6, 6.07) is 14.2. The predicted octanol–water partition coefficient (Wildman–Crippen LogP) is 1.33. The highest BCUT2D eigenvalue weighted by Crippen LogP contribution is 2.30. The molecule has 10 nitrogen and oxygen atoms in total. The second kappa shape index (κ2) is 10.8. The van der Waals surface area contributed by atoms with E-state index >= 15 is 0 Å². The predicted molar refractivity (Wildman–Crippen MR) is 116 cm³/mol. The zero-order valence-corrected chi connectivity index (χ0v) is 18.7. The zero-order valence-electron chi connectivity index (χ0n) is 17.9. The van der Waals surface area contributed by atoms with Crippen LogP contribution in [0.3, 0.4) is 0 Å². The number of hydrogen-bond donors (Lipinski definition) is 1. The number of fused-ring (bicyclic) bond motifs is 1. The normalized spacial score (nSPS) is 14.7. The van der Waals surface area contributed by atoms with Crippen LogP contribution in [0.15, 0.2) is 53.4 Å². The summed E-state index contributed by atoms with van der Waals surface area (Å²) in [7, 11) is -2.21. The molecule has 1 aliphatic rings. The number of sulfonamides is 1. The van der Waals surface area contributed by atoms with Gasteiger partial charge in [0.2, 0.25) is 10.0 Å². The summed E-state index contributed by atoms with van der Waals surface area (Å²) in [5.74, 6) is 0.0659. The first-order valence-corrected chi connectivity index (χ1v) is 11.5. The second-order valence-corrected chi connectivity index (χ2v) is 8.95. The van der Waals surface area contributed by atoms with Crippen molar-refractivity contribution in [3.63, 3.8) is 0 Å². The Morgan fingerprint density at radius 1 is 1.18 bits per heavy atom. The summed E-state index contributed by atoms with van der Waals surface area (Å²) in [5, 5.41) is 8.50. The van der Waals surface area contributed by atoms with Crippen LogP contribution in [0, 0.1) is 11.3 Å². The Bertz CT molecular complexity index is 1140. The highest BCUT2D eigenvalue weighted by molar-refractivity contribution is 7.89. The lowest BCUT2D eigenvalue weighted by atomic mass is 10.2. The number of esters is 1. The van der Waals surface area contributed by atoms with Crippen LogP contribution in [0.4, 0.5) is 0 Å². The molecule has 1 atom stereocenters. The van der Waals surface area contributed by atoms with Crippen LogP contribution in [0.1, 0.15) is 16.8 Å². The molecule has 0 saturated carbocycles. The molecule has 0 bridgehead atoms. The fraction of sp³-hybridized carbons (Fsp3) is 0.318. The van der Waals surface area contributed by atoms with E-state index in [-0.39, 0.29) is 42.7 Å². The van der Waals surface area contributed by atoms with Gasteiger partial charge in [-0.3, -0.25) is 4.79 Å². The van der Waals surface area contributed by atoms with Gasteiger partial charge in [-0.05, 0) is 36.4 Å². The van der Waals surface area contributed by atoms with Crippen molar-refractivity contribution in [2.75, 3.05) is 33.4 Å². The molecule has 1 N–H and O–H groups in total. The molecule has 1 amide bonds. The molecule has 1 heterocycles. The van der Waals surface area contributed by atoms with Crippen molar-refractivity contribution in [3.8, 4) is 17.6 Å². The van der Waals surface area contributed by atoms with E-state index in [1.165, 1.54) is 29.2 Å². The number of nitrogens with one attached hydrogen (secondary N) is 1. The summed E-state index contributed by atoms with van der Waals surface area (Å²) >= 11 is 0. The van der Waals surface area contributed by atoms with Gasteiger partial charge in [-0.2, -0.15) is 5.26 Å². The van der Waals surface area contributed by atoms with Crippen LogP contribution in [-0.4, -0.2) is 64.6 Å². The molecule has 2 aromatic carbocycles. The van der Waals surface area contributed by atoms with E-state index in [1.54, 1.807) is 19.2 Å². The summed E-state index contributed by atoms with van der Waals surface area (Å²) in [5.41, 5.74) is 0.0991. The number of benzene rings is 2. The van der Waals surface area contributed by atoms with E-state index in [0.29, 0.717) is 11.5 Å². The first-order chi connectivity index (χ1) is 15.8. The molecule has 3 rings (SSSR count). The summed E-state index contributed by atoms with van der Waals surface area (Å²) in [4.78, 5) is 25.9. The van der Waals surface area contributed by atoms with Crippen LogP contribution in [-0.2, 0) is 19.6 Å². The topological polar surface area (TPSA) is 135 Å². The molecule has 2 aromatic rings. The van der Waals surface area contributed by atoms with E-state index < -0.39 is 28.5 Å². The molecule has 0 fully saturated rings. The van der Waals surface area contributed by atoms with Gasteiger partial charge in [-0.1, -0.05) is 12.1 Å². The highest BCUT2D eigenvalue weighted by Gasteiger charge is 2.24. The number of carbonyl (C=O) groups is 2. The van der Waals surface area contributed by atoms with Gasteiger partial charge in [0.1, 0.15) is 6.61 Å². The van der Waals surface area contributed by atoms with Crippen molar-refractivity contribution >= 4 is 21.9 Å². The molecule has 0 spiro atoms. The minimum Gasteiger partial charge on any atom is -0.486 e. The van der Waals surface area contributed by atoms with Crippen molar-refractivity contribution in [1.82, 2.24) is 9.62 Å². The number of ether oxygens (including phenoxy) is 3. The molecule has 0 aliphatic carbocycles. The lowest BCUT2D eigenvalue weighted by Crippen LogP contribution is -2.43. The van der Waals surface area contributed by atoms with Crippen LogP contribution >= 0.6 is 0 Å². The number of para-hydroxylation sites is 2. The lowest BCUT2D eigenvalue weighted by Gasteiger charge is -2.29. The molecular formula is C22H23N3O7S. The molecule has 0 saturated heterocycles. The van der Waals surface area contributed by atoms with Crippen LogP contribution in [0.2, 0.25) is 0 Å². The fourth-order valence-corrected chi connectivity index (χ4v) is 4.01. The van der Waals surface area contributed by atoms with Crippen LogP contribution < -0.4 is 14.2 Å². The molecule has 33 heavy (non-hydrogen) atoms. The minimum absolute atomic E-state index is 0.0111. The quantitative estimate of drug-likeness (QED) is 0.426. The third-order valence-corrected chi connectivity index (χ3v) is 6.20. The minimum atomic E-state index is -3.78. The van der Waals surface area contributed by atoms with Crippen LogP contribution in [0.5, 0.6) is 11.5 Å². The molecule has 1 aliphatic heterocycles. The largest absolute Gasteiger partial charge is 0.486 e. The standard InChI is InChI=1S/C22H23N3O7S/c1-25(13-17-14-30-19-5-2-3-6-20(19)32-17)21(26)15-31-22(27)16-7-9-18(10-8-16)33(28,29)24-12-4-11-23/h2-3,5-10,17,24H,4,12-15H2,1H3. The van der Waals surface area contributed by atoms with E-state index in [1.807, 2.05) is 18.2 Å². The van der Waals surface area contributed by atoms with E-state index in [9.17, 15) is 18.0 Å². The maximum atomic E-state index is 12.4. The number of rotatable bonds is 9. The molecule has 174 valence electrons. The van der Waals surface area contributed by atoms with Crippen molar-refractivity contribution in [1.29, 1.82) is 5.26 Å². The van der Waals surface area contributed by atoms with Gasteiger partial charge in [0, 0.05) is 20.0 Å². The molecule has 0 aromatic heterocycles. The van der Waals surface area contributed by atoms with E-state index in [2.05, 4.69) is 4.72 Å².